The lowest BCUT2D eigenvalue weighted by atomic mass is 10.0. The van der Waals surface area contributed by atoms with E-state index in [-0.39, 0.29) is 5.76 Å². The highest BCUT2D eigenvalue weighted by molar-refractivity contribution is 5.72. The Hall–Kier alpha value is -2.34. The molecule has 24 heavy (non-hydrogen) atoms. The molecule has 0 saturated carbocycles. The monoisotopic (exact) mass is 327 g/mol. The fourth-order valence-corrected chi connectivity index (χ4v) is 3.84. The summed E-state index contributed by atoms with van der Waals surface area (Å²) in [5.41, 5.74) is 3.68. The summed E-state index contributed by atoms with van der Waals surface area (Å²) in [4.78, 5) is 14.5. The van der Waals surface area contributed by atoms with Gasteiger partial charge < -0.3 is 8.94 Å². The van der Waals surface area contributed by atoms with Gasteiger partial charge in [0, 0.05) is 24.7 Å². The van der Waals surface area contributed by atoms with Crippen LogP contribution in [0.25, 0.3) is 11.1 Å². The molecule has 1 atom stereocenters. The van der Waals surface area contributed by atoms with Gasteiger partial charge in [-0.05, 0) is 45.4 Å². The fraction of sp³-hybridized carbons (Fsp3) is 0.444. The van der Waals surface area contributed by atoms with E-state index in [0.717, 1.165) is 42.9 Å². The smallest absolute Gasteiger partial charge is 0.408 e. The summed E-state index contributed by atoms with van der Waals surface area (Å²) >= 11 is 0. The Balaban J connectivity index is 1.57. The molecule has 3 heterocycles. The number of benzene rings is 1. The van der Waals surface area contributed by atoms with Crippen LogP contribution < -0.4 is 5.76 Å². The summed E-state index contributed by atoms with van der Waals surface area (Å²) in [5.74, 6) is 0.611. The zero-order valence-electron chi connectivity index (χ0n) is 14.0. The molecular weight excluding hydrogens is 306 g/mol. The van der Waals surface area contributed by atoms with E-state index < -0.39 is 0 Å². The Kier molecular flexibility index (Phi) is 3.76. The number of nitrogens with zero attached hydrogens (tertiary/aromatic N) is 3. The van der Waals surface area contributed by atoms with Gasteiger partial charge in [0.2, 0.25) is 0 Å². The highest BCUT2D eigenvalue weighted by atomic mass is 16.5. The molecule has 4 rings (SSSR count). The van der Waals surface area contributed by atoms with Crippen LogP contribution in [0.1, 0.15) is 35.9 Å². The van der Waals surface area contributed by atoms with Crippen molar-refractivity contribution in [2.75, 3.05) is 13.1 Å². The van der Waals surface area contributed by atoms with Gasteiger partial charge in [0.25, 0.3) is 0 Å². The molecule has 2 aromatic heterocycles. The fourth-order valence-electron chi connectivity index (χ4n) is 3.84. The summed E-state index contributed by atoms with van der Waals surface area (Å²) in [6, 6.07) is 7.89. The molecule has 0 amide bonds. The van der Waals surface area contributed by atoms with Gasteiger partial charge in [0.15, 0.2) is 5.58 Å². The van der Waals surface area contributed by atoms with Gasteiger partial charge in [-0.1, -0.05) is 17.3 Å². The summed E-state index contributed by atoms with van der Waals surface area (Å²) in [5, 5.41) is 4.09. The van der Waals surface area contributed by atoms with Crippen LogP contribution in [-0.4, -0.2) is 27.7 Å². The number of hydrogen-bond donors (Lipinski definition) is 0. The Morgan fingerprint density at radius 3 is 2.88 bits per heavy atom. The summed E-state index contributed by atoms with van der Waals surface area (Å²) in [6.45, 7) is 6.42. The molecule has 1 aliphatic heterocycles. The second kappa shape index (κ2) is 5.94. The van der Waals surface area contributed by atoms with E-state index >= 15 is 0 Å². The van der Waals surface area contributed by atoms with Crippen LogP contribution >= 0.6 is 0 Å². The molecule has 0 unspecified atom stereocenters. The molecule has 0 bridgehead atoms. The van der Waals surface area contributed by atoms with E-state index in [1.54, 1.807) is 4.57 Å². The second-order valence-corrected chi connectivity index (χ2v) is 6.42. The van der Waals surface area contributed by atoms with Gasteiger partial charge in [-0.25, -0.2) is 4.79 Å². The molecule has 0 aliphatic carbocycles. The van der Waals surface area contributed by atoms with Crippen LogP contribution in [0, 0.1) is 13.8 Å². The molecule has 1 fully saturated rings. The lowest BCUT2D eigenvalue weighted by molar-refractivity contribution is 0.242. The molecule has 0 radical (unpaired) electrons. The van der Waals surface area contributed by atoms with Crippen molar-refractivity contribution in [1.82, 2.24) is 14.6 Å². The molecule has 1 saturated heterocycles. The average molecular weight is 327 g/mol. The number of para-hydroxylation sites is 2. The van der Waals surface area contributed by atoms with Crippen molar-refractivity contribution in [1.29, 1.82) is 0 Å². The number of rotatable bonds is 4. The molecule has 0 N–H and O–H groups in total. The van der Waals surface area contributed by atoms with E-state index in [9.17, 15) is 4.79 Å². The van der Waals surface area contributed by atoms with Gasteiger partial charge >= 0.3 is 5.76 Å². The van der Waals surface area contributed by atoms with Crippen LogP contribution in [0.5, 0.6) is 0 Å². The highest BCUT2D eigenvalue weighted by Crippen LogP contribution is 2.35. The third kappa shape index (κ3) is 2.47. The van der Waals surface area contributed by atoms with Gasteiger partial charge in [0.05, 0.1) is 11.2 Å². The van der Waals surface area contributed by atoms with Gasteiger partial charge in [-0.15, -0.1) is 0 Å². The van der Waals surface area contributed by atoms with Crippen LogP contribution in [0.3, 0.4) is 0 Å². The molecular formula is C18H21N3O3. The van der Waals surface area contributed by atoms with E-state index in [1.807, 2.05) is 38.1 Å². The minimum absolute atomic E-state index is 0.288. The Morgan fingerprint density at radius 1 is 1.25 bits per heavy atom. The van der Waals surface area contributed by atoms with Crippen molar-refractivity contribution in [3.05, 3.63) is 51.8 Å². The van der Waals surface area contributed by atoms with Gasteiger partial charge in [-0.2, -0.15) is 0 Å². The maximum absolute atomic E-state index is 12.1. The largest absolute Gasteiger partial charge is 0.419 e. The van der Waals surface area contributed by atoms with Crippen molar-refractivity contribution in [3.63, 3.8) is 0 Å². The zero-order chi connectivity index (χ0) is 16.7. The Morgan fingerprint density at radius 2 is 2.08 bits per heavy atom. The number of hydrogen-bond acceptors (Lipinski definition) is 5. The normalized spacial score (nSPS) is 18.7. The highest BCUT2D eigenvalue weighted by Gasteiger charge is 2.30. The molecule has 1 aliphatic rings. The Labute approximate surface area is 139 Å². The predicted molar refractivity (Wildman–Crippen MR) is 90.0 cm³/mol. The first-order valence-electron chi connectivity index (χ1n) is 8.40. The SMILES string of the molecule is Cc1noc(C)c1[C@@H]1CCCN1CCn1c(=O)oc2ccccc21. The molecule has 1 aromatic carbocycles. The van der Waals surface area contributed by atoms with Crippen molar-refractivity contribution in [3.8, 4) is 0 Å². The van der Waals surface area contributed by atoms with Crippen LogP contribution in [-0.2, 0) is 6.54 Å². The third-order valence-corrected chi connectivity index (χ3v) is 4.97. The molecule has 126 valence electrons. The maximum Gasteiger partial charge on any atom is 0.419 e. The van der Waals surface area contributed by atoms with E-state index in [1.165, 1.54) is 5.56 Å². The first kappa shape index (κ1) is 15.2. The van der Waals surface area contributed by atoms with Crippen LogP contribution in [0.15, 0.2) is 38.0 Å². The number of aromatic nitrogens is 2. The minimum Gasteiger partial charge on any atom is -0.408 e. The molecule has 3 aromatic rings. The predicted octanol–water partition coefficient (Wildman–Crippen LogP) is 3.04. The standard InChI is InChI=1S/C18H21N3O3/c1-12-17(13(2)24-19-12)15-7-5-9-20(15)10-11-21-14-6-3-4-8-16(14)23-18(21)22/h3-4,6,8,15H,5,7,9-11H2,1-2H3/t15-/m0/s1. The summed E-state index contributed by atoms with van der Waals surface area (Å²) in [7, 11) is 0. The number of aryl methyl sites for hydroxylation is 2. The van der Waals surface area contributed by atoms with Crippen molar-refractivity contribution < 1.29 is 8.94 Å². The zero-order valence-corrected chi connectivity index (χ0v) is 14.0. The van der Waals surface area contributed by atoms with Crippen molar-refractivity contribution in [2.24, 2.45) is 0 Å². The first-order valence-corrected chi connectivity index (χ1v) is 8.40. The van der Waals surface area contributed by atoms with E-state index in [2.05, 4.69) is 10.1 Å². The number of likely N-dealkylation sites (tertiary alicyclic amines) is 1. The van der Waals surface area contributed by atoms with Crippen molar-refractivity contribution >= 4 is 11.1 Å². The third-order valence-electron chi connectivity index (χ3n) is 4.97. The average Bonchev–Trinajstić information content (AvgIpc) is 3.23. The van der Waals surface area contributed by atoms with Crippen molar-refractivity contribution in [2.45, 2.75) is 39.3 Å². The van der Waals surface area contributed by atoms with E-state index in [4.69, 9.17) is 8.94 Å². The molecule has 0 spiro atoms. The number of fused-ring (bicyclic) bond motifs is 1. The lowest BCUT2D eigenvalue weighted by Gasteiger charge is -2.24. The molecule has 6 nitrogen and oxygen atoms in total. The van der Waals surface area contributed by atoms with E-state index in [0.29, 0.717) is 18.2 Å². The second-order valence-electron chi connectivity index (χ2n) is 6.42. The maximum atomic E-state index is 12.1. The first-order chi connectivity index (χ1) is 11.6. The summed E-state index contributed by atoms with van der Waals surface area (Å²) < 4.78 is 12.4. The number of oxazole rings is 1. The minimum atomic E-state index is -0.288. The lowest BCUT2D eigenvalue weighted by Crippen LogP contribution is -2.30. The van der Waals surface area contributed by atoms with Crippen LogP contribution in [0.4, 0.5) is 0 Å². The Bertz CT molecular complexity index is 902. The topological polar surface area (TPSA) is 64.4 Å². The molecule has 6 heteroatoms. The summed E-state index contributed by atoms with van der Waals surface area (Å²) in [6.07, 6.45) is 2.25. The van der Waals surface area contributed by atoms with Gasteiger partial charge in [-0.3, -0.25) is 9.47 Å². The quantitative estimate of drug-likeness (QED) is 0.737. The van der Waals surface area contributed by atoms with Gasteiger partial charge in [0.1, 0.15) is 5.76 Å². The van der Waals surface area contributed by atoms with Crippen LogP contribution in [0.2, 0.25) is 0 Å².